The van der Waals surface area contributed by atoms with E-state index in [0.29, 0.717) is 11.6 Å². The van der Waals surface area contributed by atoms with Gasteiger partial charge >= 0.3 is 0 Å². The van der Waals surface area contributed by atoms with Crippen LogP contribution in [0.25, 0.3) is 0 Å². The van der Waals surface area contributed by atoms with Crippen LogP contribution >= 0.6 is 23.1 Å². The number of nitrogens with one attached hydrogen (secondary N) is 1. The predicted molar refractivity (Wildman–Crippen MR) is 86.7 cm³/mol. The van der Waals surface area contributed by atoms with Crippen molar-refractivity contribution >= 4 is 34.1 Å². The number of carbonyl (C=O) groups is 1. The zero-order valence-corrected chi connectivity index (χ0v) is 13.8. The summed E-state index contributed by atoms with van der Waals surface area (Å²) < 4.78 is 14.3. The number of benzene rings is 1. The summed E-state index contributed by atoms with van der Waals surface area (Å²) in [6, 6.07) is 6.37. The Hall–Kier alpha value is -1.40. The first-order valence-corrected chi connectivity index (χ1v) is 8.60. The number of halogens is 1. The lowest BCUT2D eigenvalue weighted by atomic mass is 9.97. The van der Waals surface area contributed by atoms with Crippen molar-refractivity contribution in [2.75, 3.05) is 11.6 Å². The second kappa shape index (κ2) is 7.04. The molecule has 0 saturated heterocycles. The van der Waals surface area contributed by atoms with E-state index < -0.39 is 0 Å². The van der Waals surface area contributed by atoms with Gasteiger partial charge in [-0.25, -0.2) is 9.37 Å². The van der Waals surface area contributed by atoms with Crippen LogP contribution in [-0.2, 0) is 4.79 Å². The maximum atomic E-state index is 13.2. The molecule has 1 aromatic heterocycles. The molecule has 1 N–H and O–H groups in total. The van der Waals surface area contributed by atoms with E-state index in [1.165, 1.54) is 23.5 Å². The van der Waals surface area contributed by atoms with Crippen LogP contribution in [0.3, 0.4) is 0 Å². The quantitative estimate of drug-likeness (QED) is 0.827. The van der Waals surface area contributed by atoms with Crippen LogP contribution < -0.4 is 5.32 Å². The summed E-state index contributed by atoms with van der Waals surface area (Å²) in [4.78, 5) is 16.4. The second-order valence-corrected chi connectivity index (χ2v) is 6.88. The first kappa shape index (κ1) is 16.0. The van der Waals surface area contributed by atoms with Gasteiger partial charge in [-0.3, -0.25) is 4.79 Å². The van der Waals surface area contributed by atoms with Crippen molar-refractivity contribution in [1.82, 2.24) is 4.98 Å². The molecular weight excluding hydrogens is 307 g/mol. The molecule has 21 heavy (non-hydrogen) atoms. The van der Waals surface area contributed by atoms with Gasteiger partial charge in [-0.1, -0.05) is 30.4 Å². The Bertz CT molecular complexity index is 642. The Morgan fingerprint density at radius 1 is 1.52 bits per heavy atom. The summed E-state index contributed by atoms with van der Waals surface area (Å²) in [5, 5.41) is 3.43. The van der Waals surface area contributed by atoms with Crippen molar-refractivity contribution in [3.63, 3.8) is 0 Å². The Morgan fingerprint density at radius 2 is 2.29 bits per heavy atom. The van der Waals surface area contributed by atoms with E-state index in [1.54, 1.807) is 17.8 Å². The number of anilines is 1. The number of thiazole rings is 1. The van der Waals surface area contributed by atoms with Crippen LogP contribution in [0.4, 0.5) is 9.52 Å². The molecule has 2 rings (SSSR count). The van der Waals surface area contributed by atoms with E-state index in [4.69, 9.17) is 0 Å². The molecule has 0 aliphatic rings. The topological polar surface area (TPSA) is 42.0 Å². The monoisotopic (exact) mass is 324 g/mol. The van der Waals surface area contributed by atoms with E-state index in [0.717, 1.165) is 15.5 Å². The van der Waals surface area contributed by atoms with Gasteiger partial charge in [0.2, 0.25) is 5.91 Å². The average molecular weight is 324 g/mol. The Labute approximate surface area is 132 Å². The third-order valence-electron chi connectivity index (χ3n) is 3.10. The first-order valence-electron chi connectivity index (χ1n) is 6.56. The number of rotatable bonds is 5. The Balaban J connectivity index is 1.97. The van der Waals surface area contributed by atoms with Gasteiger partial charge in [0.1, 0.15) is 5.82 Å². The zero-order valence-electron chi connectivity index (χ0n) is 12.1. The van der Waals surface area contributed by atoms with Crippen LogP contribution in [-0.4, -0.2) is 17.1 Å². The molecular formula is C15H17FN2OS2. The minimum atomic E-state index is -0.278. The normalized spacial score (nSPS) is 12.2. The Morgan fingerprint density at radius 3 is 2.90 bits per heavy atom. The molecule has 0 fully saturated rings. The highest BCUT2D eigenvalue weighted by Gasteiger charge is 2.14. The molecule has 0 saturated carbocycles. The van der Waals surface area contributed by atoms with Gasteiger partial charge in [-0.05, 0) is 36.8 Å². The highest BCUT2D eigenvalue weighted by molar-refractivity contribution is 8.00. The molecule has 0 bridgehead atoms. The largest absolute Gasteiger partial charge is 0.302 e. The van der Waals surface area contributed by atoms with Gasteiger partial charge < -0.3 is 5.32 Å². The van der Waals surface area contributed by atoms with Gasteiger partial charge in [0.25, 0.3) is 0 Å². The maximum absolute atomic E-state index is 13.2. The standard InChI is InChI=1S/C15H17FN2OS2/c1-9(11-5-4-6-12(16)8-11)7-13(19)18-15-17-10(2)14(20-3)21-15/h4-6,8-9H,7H2,1-3H3,(H,17,18,19). The molecule has 1 heterocycles. The number of hydrogen-bond acceptors (Lipinski definition) is 4. The van der Waals surface area contributed by atoms with Gasteiger partial charge in [0.15, 0.2) is 5.13 Å². The summed E-state index contributed by atoms with van der Waals surface area (Å²) in [6.45, 7) is 3.84. The molecule has 0 aliphatic heterocycles. The van der Waals surface area contributed by atoms with Crippen molar-refractivity contribution in [3.8, 4) is 0 Å². The molecule has 1 atom stereocenters. The highest BCUT2D eigenvalue weighted by atomic mass is 32.2. The SMILES string of the molecule is CSc1sc(NC(=O)CC(C)c2cccc(F)c2)nc1C. The van der Waals surface area contributed by atoms with Crippen LogP contribution in [0, 0.1) is 12.7 Å². The highest BCUT2D eigenvalue weighted by Crippen LogP contribution is 2.30. The van der Waals surface area contributed by atoms with E-state index in [9.17, 15) is 9.18 Å². The third-order valence-corrected chi connectivity index (χ3v) is 5.38. The smallest absolute Gasteiger partial charge is 0.226 e. The third kappa shape index (κ3) is 4.28. The fourth-order valence-electron chi connectivity index (χ4n) is 2.00. The first-order chi connectivity index (χ1) is 9.99. The molecule has 1 aromatic carbocycles. The lowest BCUT2D eigenvalue weighted by molar-refractivity contribution is -0.116. The Kier molecular flexibility index (Phi) is 5.36. The van der Waals surface area contributed by atoms with Crippen molar-refractivity contribution in [2.45, 2.75) is 30.4 Å². The number of aryl methyl sites for hydroxylation is 1. The molecule has 3 nitrogen and oxygen atoms in total. The summed E-state index contributed by atoms with van der Waals surface area (Å²) in [7, 11) is 0. The fourth-order valence-corrected chi connectivity index (χ4v) is 3.63. The van der Waals surface area contributed by atoms with Gasteiger partial charge in [0.05, 0.1) is 9.90 Å². The molecule has 1 amide bonds. The molecule has 6 heteroatoms. The minimum Gasteiger partial charge on any atom is -0.302 e. The summed E-state index contributed by atoms with van der Waals surface area (Å²) in [5.74, 6) is -0.421. The van der Waals surface area contributed by atoms with E-state index in [2.05, 4.69) is 10.3 Å². The number of thioether (sulfide) groups is 1. The fraction of sp³-hybridized carbons (Fsp3) is 0.333. The van der Waals surface area contributed by atoms with E-state index >= 15 is 0 Å². The van der Waals surface area contributed by atoms with Gasteiger partial charge in [0, 0.05) is 6.42 Å². The minimum absolute atomic E-state index is 0.0400. The molecule has 0 aliphatic carbocycles. The number of aromatic nitrogens is 1. The average Bonchev–Trinajstić information content (AvgIpc) is 2.78. The van der Waals surface area contributed by atoms with Gasteiger partial charge in [-0.15, -0.1) is 11.8 Å². The number of carbonyl (C=O) groups excluding carboxylic acids is 1. The molecule has 0 radical (unpaired) electrons. The van der Waals surface area contributed by atoms with Crippen molar-refractivity contribution in [1.29, 1.82) is 0 Å². The second-order valence-electron chi connectivity index (χ2n) is 4.80. The van der Waals surface area contributed by atoms with Gasteiger partial charge in [-0.2, -0.15) is 0 Å². The summed E-state index contributed by atoms with van der Waals surface area (Å²) in [5.41, 5.74) is 1.76. The van der Waals surface area contributed by atoms with E-state index in [1.807, 2.05) is 26.2 Å². The van der Waals surface area contributed by atoms with Crippen molar-refractivity contribution < 1.29 is 9.18 Å². The lowest BCUT2D eigenvalue weighted by Crippen LogP contribution is -2.14. The number of nitrogens with zero attached hydrogens (tertiary/aromatic N) is 1. The number of amides is 1. The maximum Gasteiger partial charge on any atom is 0.226 e. The molecule has 2 aromatic rings. The van der Waals surface area contributed by atoms with Crippen LogP contribution in [0.2, 0.25) is 0 Å². The van der Waals surface area contributed by atoms with Crippen LogP contribution in [0.1, 0.15) is 30.5 Å². The summed E-state index contributed by atoms with van der Waals surface area (Å²) in [6.07, 6.45) is 2.29. The molecule has 112 valence electrons. The van der Waals surface area contributed by atoms with Crippen molar-refractivity contribution in [3.05, 3.63) is 41.3 Å². The van der Waals surface area contributed by atoms with Crippen molar-refractivity contribution in [2.24, 2.45) is 0 Å². The number of hydrogen-bond donors (Lipinski definition) is 1. The molecule has 1 unspecified atom stereocenters. The lowest BCUT2D eigenvalue weighted by Gasteiger charge is -2.11. The van der Waals surface area contributed by atoms with Crippen LogP contribution in [0.15, 0.2) is 28.5 Å². The van der Waals surface area contributed by atoms with E-state index in [-0.39, 0.29) is 17.6 Å². The van der Waals surface area contributed by atoms with Crippen LogP contribution in [0.5, 0.6) is 0 Å². The zero-order chi connectivity index (χ0) is 15.4. The predicted octanol–water partition coefficient (Wildman–Crippen LogP) is 4.44. The molecule has 0 spiro atoms. The summed E-state index contributed by atoms with van der Waals surface area (Å²) >= 11 is 3.09.